The molecule has 0 saturated carbocycles. The van der Waals surface area contributed by atoms with E-state index in [1.54, 1.807) is 0 Å². The minimum absolute atomic E-state index is 0.00133. The Labute approximate surface area is 196 Å². The second-order valence-electron chi connectivity index (χ2n) is 8.00. The molecule has 2 aromatic rings. The summed E-state index contributed by atoms with van der Waals surface area (Å²) in [5.41, 5.74) is -0.0216. The summed E-state index contributed by atoms with van der Waals surface area (Å²) in [5.74, 6) is -2.26. The molecule has 0 spiro atoms. The number of carbonyl (C=O) groups is 2. The number of benzene rings is 2. The van der Waals surface area contributed by atoms with Crippen molar-refractivity contribution >= 4 is 23.1 Å². The second kappa shape index (κ2) is 10.3. The summed E-state index contributed by atoms with van der Waals surface area (Å²) in [7, 11) is 1.36. The number of rotatable bonds is 9. The quantitative estimate of drug-likeness (QED) is 0.142. The standard InChI is InChI=1S/C24H26N2O8/c1-14(2)34-11-5-10-25-21(15-8-9-18(27)19(13-15)33-3)20(23(29)24(25)30)22(28)16-6-4-7-17(12-16)26(31)32/h4,6-9,12-14,21,27-28H,5,10-11H2,1-3H3/t21-/m0/s1. The number of phenolic OH excluding ortho intramolecular Hbond substituents is 1. The van der Waals surface area contributed by atoms with E-state index in [9.17, 15) is 29.9 Å². The van der Waals surface area contributed by atoms with E-state index in [2.05, 4.69) is 0 Å². The van der Waals surface area contributed by atoms with Crippen molar-refractivity contribution in [1.82, 2.24) is 4.90 Å². The minimum Gasteiger partial charge on any atom is -0.507 e. The molecule has 0 radical (unpaired) electrons. The first-order chi connectivity index (χ1) is 16.1. The summed E-state index contributed by atoms with van der Waals surface area (Å²) in [5, 5.41) is 32.2. The van der Waals surface area contributed by atoms with Crippen molar-refractivity contribution in [3.8, 4) is 11.5 Å². The Morgan fingerprint density at radius 3 is 2.59 bits per heavy atom. The molecule has 2 N–H and O–H groups in total. The van der Waals surface area contributed by atoms with Crippen molar-refractivity contribution in [3.05, 3.63) is 69.3 Å². The van der Waals surface area contributed by atoms with Gasteiger partial charge in [0.1, 0.15) is 5.76 Å². The fourth-order valence-corrected chi connectivity index (χ4v) is 3.80. The van der Waals surface area contributed by atoms with E-state index in [1.807, 2.05) is 13.8 Å². The molecule has 1 aliphatic heterocycles. The van der Waals surface area contributed by atoms with Crippen molar-refractivity contribution in [2.75, 3.05) is 20.3 Å². The Bertz CT molecular complexity index is 1140. The first-order valence-electron chi connectivity index (χ1n) is 10.7. The lowest BCUT2D eigenvalue weighted by Gasteiger charge is -2.26. The number of ether oxygens (including phenoxy) is 2. The molecular weight excluding hydrogens is 444 g/mol. The third kappa shape index (κ3) is 5.01. The number of phenols is 1. The zero-order valence-electron chi connectivity index (χ0n) is 19.1. The van der Waals surface area contributed by atoms with Gasteiger partial charge < -0.3 is 24.6 Å². The number of Topliss-reactive ketones (excluding diaryl/α,β-unsaturated/α-hetero) is 1. The first-order valence-corrected chi connectivity index (χ1v) is 10.7. The molecule has 0 aliphatic carbocycles. The zero-order chi connectivity index (χ0) is 25.0. The second-order valence-corrected chi connectivity index (χ2v) is 8.00. The number of nitrogens with zero attached hydrogens (tertiary/aromatic N) is 2. The van der Waals surface area contributed by atoms with Gasteiger partial charge in [-0.1, -0.05) is 18.2 Å². The van der Waals surface area contributed by atoms with Gasteiger partial charge in [-0.3, -0.25) is 19.7 Å². The van der Waals surface area contributed by atoms with Crippen LogP contribution >= 0.6 is 0 Å². The molecule has 3 rings (SSSR count). The van der Waals surface area contributed by atoms with Crippen molar-refractivity contribution in [1.29, 1.82) is 0 Å². The van der Waals surface area contributed by atoms with Gasteiger partial charge in [0, 0.05) is 30.8 Å². The molecule has 10 nitrogen and oxygen atoms in total. The number of hydrogen-bond acceptors (Lipinski definition) is 8. The number of non-ortho nitro benzene ring substituents is 1. The largest absolute Gasteiger partial charge is 0.507 e. The Hall–Kier alpha value is -3.92. The maximum Gasteiger partial charge on any atom is 0.295 e. The third-order valence-electron chi connectivity index (χ3n) is 5.38. The van der Waals surface area contributed by atoms with Crippen LogP contribution in [-0.4, -0.2) is 58.1 Å². The number of nitro groups is 1. The molecule has 1 aliphatic rings. The number of aliphatic hydroxyl groups excluding tert-OH is 1. The van der Waals surface area contributed by atoms with E-state index in [0.29, 0.717) is 18.6 Å². The average molecular weight is 470 g/mol. The lowest BCUT2D eigenvalue weighted by Crippen LogP contribution is -2.31. The number of ketones is 1. The molecule has 1 heterocycles. The summed E-state index contributed by atoms with van der Waals surface area (Å²) in [4.78, 5) is 37.9. The molecule has 1 atom stereocenters. The molecule has 0 aromatic heterocycles. The van der Waals surface area contributed by atoms with Crippen molar-refractivity contribution < 1.29 is 34.2 Å². The molecule has 1 saturated heterocycles. The summed E-state index contributed by atoms with van der Waals surface area (Å²) >= 11 is 0. The van der Waals surface area contributed by atoms with Crippen LogP contribution in [0.3, 0.4) is 0 Å². The van der Waals surface area contributed by atoms with Crippen molar-refractivity contribution in [2.45, 2.75) is 32.4 Å². The van der Waals surface area contributed by atoms with Crippen LogP contribution in [-0.2, 0) is 14.3 Å². The lowest BCUT2D eigenvalue weighted by molar-refractivity contribution is -0.384. The highest BCUT2D eigenvalue weighted by Crippen LogP contribution is 2.42. The number of carbonyl (C=O) groups excluding carboxylic acids is 2. The van der Waals surface area contributed by atoms with Gasteiger partial charge in [-0.2, -0.15) is 0 Å². The Kier molecular flexibility index (Phi) is 7.52. The highest BCUT2D eigenvalue weighted by Gasteiger charge is 2.46. The van der Waals surface area contributed by atoms with Gasteiger partial charge in [-0.15, -0.1) is 0 Å². The number of aromatic hydroxyl groups is 1. The van der Waals surface area contributed by atoms with Gasteiger partial charge >= 0.3 is 0 Å². The molecule has 180 valence electrons. The Balaban J connectivity index is 2.11. The van der Waals surface area contributed by atoms with Crippen LogP contribution in [0.2, 0.25) is 0 Å². The van der Waals surface area contributed by atoms with Gasteiger partial charge in [-0.05, 0) is 38.0 Å². The highest BCUT2D eigenvalue weighted by molar-refractivity contribution is 6.46. The summed E-state index contributed by atoms with van der Waals surface area (Å²) in [6, 6.07) is 8.56. The minimum atomic E-state index is -0.993. The van der Waals surface area contributed by atoms with Gasteiger partial charge in [0.25, 0.3) is 17.4 Å². The number of hydrogen-bond donors (Lipinski definition) is 2. The van der Waals surface area contributed by atoms with E-state index in [0.717, 1.165) is 6.07 Å². The Morgan fingerprint density at radius 2 is 1.94 bits per heavy atom. The molecule has 10 heteroatoms. The SMILES string of the molecule is COc1cc([C@H]2C(=C(O)c3cccc([N+](=O)[O-])c3)C(=O)C(=O)N2CCCOC(C)C)ccc1O. The van der Waals surface area contributed by atoms with E-state index >= 15 is 0 Å². The summed E-state index contributed by atoms with van der Waals surface area (Å²) in [6.45, 7) is 4.29. The fourth-order valence-electron chi connectivity index (χ4n) is 3.80. The van der Waals surface area contributed by atoms with Gasteiger partial charge in [0.15, 0.2) is 11.5 Å². The molecule has 2 aromatic carbocycles. The molecular formula is C24H26N2O8. The van der Waals surface area contributed by atoms with Crippen molar-refractivity contribution in [3.63, 3.8) is 0 Å². The monoisotopic (exact) mass is 470 g/mol. The van der Waals surface area contributed by atoms with Crippen LogP contribution in [0.25, 0.3) is 5.76 Å². The fraction of sp³-hybridized carbons (Fsp3) is 0.333. The Morgan fingerprint density at radius 1 is 1.21 bits per heavy atom. The van der Waals surface area contributed by atoms with E-state index in [1.165, 1.54) is 48.4 Å². The van der Waals surface area contributed by atoms with Crippen molar-refractivity contribution in [2.24, 2.45) is 0 Å². The predicted molar refractivity (Wildman–Crippen MR) is 122 cm³/mol. The number of aliphatic hydroxyl groups is 1. The van der Waals surface area contributed by atoms with Crippen LogP contribution in [0.5, 0.6) is 11.5 Å². The molecule has 34 heavy (non-hydrogen) atoms. The van der Waals surface area contributed by atoms with E-state index < -0.39 is 28.4 Å². The maximum absolute atomic E-state index is 13.0. The highest BCUT2D eigenvalue weighted by atomic mass is 16.6. The number of likely N-dealkylation sites (tertiary alicyclic amines) is 1. The van der Waals surface area contributed by atoms with Gasteiger partial charge in [0.2, 0.25) is 0 Å². The summed E-state index contributed by atoms with van der Waals surface area (Å²) in [6.07, 6.45) is 0.440. The van der Waals surface area contributed by atoms with Crippen LogP contribution in [0.15, 0.2) is 48.0 Å². The van der Waals surface area contributed by atoms with Gasteiger partial charge in [0.05, 0.1) is 29.8 Å². The van der Waals surface area contributed by atoms with E-state index in [4.69, 9.17) is 9.47 Å². The maximum atomic E-state index is 13.0. The third-order valence-corrected chi connectivity index (χ3v) is 5.38. The molecule has 1 amide bonds. The number of methoxy groups -OCH3 is 1. The number of nitro benzene ring substituents is 1. The zero-order valence-corrected chi connectivity index (χ0v) is 19.1. The van der Waals surface area contributed by atoms with Crippen LogP contribution in [0.4, 0.5) is 5.69 Å². The van der Waals surface area contributed by atoms with Crippen LogP contribution in [0.1, 0.15) is 37.4 Å². The molecule has 0 unspecified atom stereocenters. The van der Waals surface area contributed by atoms with E-state index in [-0.39, 0.29) is 41.0 Å². The predicted octanol–water partition coefficient (Wildman–Crippen LogP) is 3.55. The topological polar surface area (TPSA) is 139 Å². The van der Waals surface area contributed by atoms with Crippen LogP contribution in [0, 0.1) is 10.1 Å². The summed E-state index contributed by atoms with van der Waals surface area (Å²) < 4.78 is 10.7. The first kappa shape index (κ1) is 24.7. The van der Waals surface area contributed by atoms with Gasteiger partial charge in [-0.25, -0.2) is 0 Å². The average Bonchev–Trinajstić information content (AvgIpc) is 3.06. The number of amides is 1. The van der Waals surface area contributed by atoms with Crippen LogP contribution < -0.4 is 4.74 Å². The smallest absolute Gasteiger partial charge is 0.295 e. The molecule has 0 bridgehead atoms. The molecule has 1 fully saturated rings. The normalized spacial score (nSPS) is 17.4. The lowest BCUT2D eigenvalue weighted by atomic mass is 9.94.